The van der Waals surface area contributed by atoms with Gasteiger partial charge in [0, 0.05) is 0 Å². The largest absolute Gasteiger partial charge is 0.394 e. The molecular formula is C12H26O3. The van der Waals surface area contributed by atoms with Crippen LogP contribution < -0.4 is 0 Å². The molecule has 0 saturated heterocycles. The summed E-state index contributed by atoms with van der Waals surface area (Å²) in [7, 11) is 0. The summed E-state index contributed by atoms with van der Waals surface area (Å²) in [6.07, 6.45) is 0. The van der Waals surface area contributed by atoms with Crippen molar-refractivity contribution in [3.8, 4) is 11.8 Å². The summed E-state index contributed by atoms with van der Waals surface area (Å²) in [5, 5.41) is 17.9. The minimum Gasteiger partial charge on any atom is -0.394 e. The first-order valence-corrected chi connectivity index (χ1v) is 4.28. The van der Waals surface area contributed by atoms with E-state index in [2.05, 4.69) is 11.8 Å². The highest BCUT2D eigenvalue weighted by Crippen LogP contribution is 2.08. The van der Waals surface area contributed by atoms with Crippen molar-refractivity contribution in [1.29, 1.82) is 0 Å². The van der Waals surface area contributed by atoms with Gasteiger partial charge < -0.3 is 14.9 Å². The molecule has 3 nitrogen and oxygen atoms in total. The Morgan fingerprint density at radius 3 is 1.87 bits per heavy atom. The van der Waals surface area contributed by atoms with Crippen LogP contribution in [-0.2, 0) is 4.74 Å². The topological polar surface area (TPSA) is 49.7 Å². The Balaban J connectivity index is -0.000000720. The maximum Gasteiger partial charge on any atom is 0.123 e. The van der Waals surface area contributed by atoms with E-state index in [1.165, 1.54) is 0 Å². The summed E-state index contributed by atoms with van der Waals surface area (Å²) in [6.45, 7) is 7.05. The molecule has 92 valence electrons. The Kier molecular flexibility index (Phi) is 10.2. The van der Waals surface area contributed by atoms with Gasteiger partial charge >= 0.3 is 0 Å². The Bertz CT molecular complexity index is 203. The number of hydrogen-bond donors (Lipinski definition) is 2. The van der Waals surface area contributed by atoms with Gasteiger partial charge in [-0.15, -0.1) is 0 Å². The number of ether oxygens (including phenoxy) is 1. The van der Waals surface area contributed by atoms with E-state index in [1.807, 2.05) is 0 Å². The monoisotopic (exact) mass is 218 g/mol. The van der Waals surface area contributed by atoms with Crippen molar-refractivity contribution < 1.29 is 14.9 Å². The summed E-state index contributed by atoms with van der Waals surface area (Å²) in [5.41, 5.74) is -1.62. The molecule has 0 spiro atoms. The Hall–Kier alpha value is -0.560. The third kappa shape index (κ3) is 13.4. The van der Waals surface area contributed by atoms with E-state index in [1.54, 1.807) is 27.7 Å². The first-order valence-electron chi connectivity index (χ1n) is 4.28. The lowest BCUT2D eigenvalue weighted by molar-refractivity contribution is 0.00548. The molecule has 0 aliphatic heterocycles. The zero-order valence-electron chi connectivity index (χ0n) is 8.72. The van der Waals surface area contributed by atoms with Gasteiger partial charge in [0.25, 0.3) is 0 Å². The SMILES string of the molecule is C.C.CC(C)(O)C#CC(C)(C)OCCO. The Labute approximate surface area is 94.5 Å². The van der Waals surface area contributed by atoms with Crippen molar-refractivity contribution in [2.45, 2.75) is 53.8 Å². The molecule has 0 rings (SSSR count). The molecule has 0 aliphatic carbocycles. The fourth-order valence-electron chi connectivity index (χ4n) is 0.640. The molecular weight excluding hydrogens is 192 g/mol. The average Bonchev–Trinajstić information content (AvgIpc) is 1.97. The van der Waals surface area contributed by atoms with Crippen LogP contribution in [0.1, 0.15) is 42.5 Å². The average molecular weight is 218 g/mol. The van der Waals surface area contributed by atoms with E-state index < -0.39 is 11.2 Å². The molecule has 0 aromatic heterocycles. The molecule has 3 heteroatoms. The van der Waals surface area contributed by atoms with E-state index in [4.69, 9.17) is 9.84 Å². The lowest BCUT2D eigenvalue weighted by Crippen LogP contribution is -2.25. The summed E-state index contributed by atoms with van der Waals surface area (Å²) in [5.74, 6) is 5.47. The molecule has 0 atom stereocenters. The molecule has 0 amide bonds. The van der Waals surface area contributed by atoms with Crippen LogP contribution in [0.3, 0.4) is 0 Å². The molecule has 0 unspecified atom stereocenters. The molecule has 0 bridgehead atoms. The van der Waals surface area contributed by atoms with Crippen LogP contribution in [0.5, 0.6) is 0 Å². The van der Waals surface area contributed by atoms with Crippen molar-refractivity contribution in [3.63, 3.8) is 0 Å². The van der Waals surface area contributed by atoms with Gasteiger partial charge in [-0.3, -0.25) is 0 Å². The summed E-state index contributed by atoms with van der Waals surface area (Å²) in [4.78, 5) is 0. The van der Waals surface area contributed by atoms with Crippen LogP contribution in [0, 0.1) is 11.8 Å². The van der Waals surface area contributed by atoms with Gasteiger partial charge in [-0.05, 0) is 27.7 Å². The zero-order valence-corrected chi connectivity index (χ0v) is 8.72. The van der Waals surface area contributed by atoms with Crippen LogP contribution in [-0.4, -0.2) is 34.6 Å². The Morgan fingerprint density at radius 2 is 1.53 bits per heavy atom. The number of rotatable bonds is 3. The molecule has 0 aromatic carbocycles. The molecule has 0 heterocycles. The van der Waals surface area contributed by atoms with Crippen LogP contribution in [0.2, 0.25) is 0 Å². The van der Waals surface area contributed by atoms with Crippen molar-refractivity contribution in [2.75, 3.05) is 13.2 Å². The quantitative estimate of drug-likeness (QED) is 0.710. The second-order valence-corrected chi connectivity index (χ2v) is 3.89. The third-order valence-corrected chi connectivity index (χ3v) is 1.22. The zero-order chi connectivity index (χ0) is 10.5. The van der Waals surface area contributed by atoms with Gasteiger partial charge in [-0.25, -0.2) is 0 Å². The van der Waals surface area contributed by atoms with Crippen LogP contribution in [0.15, 0.2) is 0 Å². The highest BCUT2D eigenvalue weighted by atomic mass is 16.5. The number of aliphatic hydroxyl groups is 2. The van der Waals surface area contributed by atoms with Gasteiger partial charge in [0.15, 0.2) is 0 Å². The van der Waals surface area contributed by atoms with Crippen LogP contribution in [0.25, 0.3) is 0 Å². The highest BCUT2D eigenvalue weighted by Gasteiger charge is 2.15. The van der Waals surface area contributed by atoms with Gasteiger partial charge in [0.2, 0.25) is 0 Å². The first kappa shape index (κ1) is 19.9. The normalized spacial score (nSPS) is 10.5. The second kappa shape index (κ2) is 7.70. The predicted molar refractivity (Wildman–Crippen MR) is 64.7 cm³/mol. The minimum atomic E-state index is -1.00. The van der Waals surface area contributed by atoms with Crippen molar-refractivity contribution in [1.82, 2.24) is 0 Å². The van der Waals surface area contributed by atoms with Gasteiger partial charge in [0.1, 0.15) is 11.2 Å². The maximum atomic E-state index is 9.33. The van der Waals surface area contributed by atoms with E-state index in [0.29, 0.717) is 0 Å². The van der Waals surface area contributed by atoms with Crippen molar-refractivity contribution >= 4 is 0 Å². The molecule has 0 radical (unpaired) electrons. The fraction of sp³-hybridized carbons (Fsp3) is 0.833. The highest BCUT2D eigenvalue weighted by molar-refractivity contribution is 5.17. The Morgan fingerprint density at radius 1 is 1.07 bits per heavy atom. The predicted octanol–water partition coefficient (Wildman–Crippen LogP) is 1.82. The van der Waals surface area contributed by atoms with Gasteiger partial charge in [-0.2, -0.15) is 0 Å². The molecule has 0 aliphatic rings. The van der Waals surface area contributed by atoms with E-state index >= 15 is 0 Å². The van der Waals surface area contributed by atoms with Crippen LogP contribution in [0.4, 0.5) is 0 Å². The lowest BCUT2D eigenvalue weighted by Gasteiger charge is -2.19. The maximum absolute atomic E-state index is 9.33. The minimum absolute atomic E-state index is 0. The summed E-state index contributed by atoms with van der Waals surface area (Å²) >= 11 is 0. The third-order valence-electron chi connectivity index (χ3n) is 1.22. The smallest absolute Gasteiger partial charge is 0.123 e. The van der Waals surface area contributed by atoms with E-state index in [9.17, 15) is 5.11 Å². The summed E-state index contributed by atoms with van der Waals surface area (Å²) < 4.78 is 5.24. The lowest BCUT2D eigenvalue weighted by atomic mass is 10.1. The van der Waals surface area contributed by atoms with Gasteiger partial charge in [-0.1, -0.05) is 26.7 Å². The number of aliphatic hydroxyl groups excluding tert-OH is 1. The van der Waals surface area contributed by atoms with E-state index in [0.717, 1.165) is 0 Å². The molecule has 0 saturated carbocycles. The molecule has 15 heavy (non-hydrogen) atoms. The number of hydrogen-bond acceptors (Lipinski definition) is 3. The second-order valence-electron chi connectivity index (χ2n) is 3.89. The van der Waals surface area contributed by atoms with Crippen LogP contribution >= 0.6 is 0 Å². The van der Waals surface area contributed by atoms with Gasteiger partial charge in [0.05, 0.1) is 13.2 Å². The fourth-order valence-corrected chi connectivity index (χ4v) is 0.640. The molecule has 0 fully saturated rings. The molecule has 2 N–H and O–H groups in total. The van der Waals surface area contributed by atoms with E-state index in [-0.39, 0.29) is 28.1 Å². The standard InChI is InChI=1S/C10H18O3.2CH4/c1-9(2,12)5-6-10(3,4)13-8-7-11;;/h11-12H,7-8H2,1-4H3;2*1H4. The van der Waals surface area contributed by atoms with Crippen molar-refractivity contribution in [3.05, 3.63) is 0 Å². The van der Waals surface area contributed by atoms with Crippen molar-refractivity contribution in [2.24, 2.45) is 0 Å². The first-order chi connectivity index (χ1) is 5.77. The summed E-state index contributed by atoms with van der Waals surface area (Å²) in [6, 6.07) is 0. The molecule has 0 aromatic rings.